The molecule has 0 unspecified atom stereocenters. The molecule has 0 spiro atoms. The van der Waals surface area contributed by atoms with Crippen LogP contribution in [0.2, 0.25) is 0 Å². The van der Waals surface area contributed by atoms with E-state index in [9.17, 15) is 22.0 Å². The molecule has 3 aromatic rings. The second-order valence-electron chi connectivity index (χ2n) is 7.52. The van der Waals surface area contributed by atoms with E-state index in [0.717, 1.165) is 26.4 Å². The molecule has 1 aliphatic rings. The molecule has 12 heteroatoms. The van der Waals surface area contributed by atoms with Crippen LogP contribution in [0.15, 0.2) is 18.5 Å². The number of methoxy groups -OCH3 is 1. The Morgan fingerprint density at radius 1 is 1.23 bits per heavy atom. The summed E-state index contributed by atoms with van der Waals surface area (Å²) in [6.07, 6.45) is -4.90. The number of imidazole rings is 1. The zero-order valence-corrected chi connectivity index (χ0v) is 16.6. The van der Waals surface area contributed by atoms with Crippen molar-refractivity contribution in [1.29, 1.82) is 0 Å². The Kier molecular flexibility index (Phi) is 4.80. The highest BCUT2D eigenvalue weighted by Gasteiger charge is 2.65. The van der Waals surface area contributed by atoms with E-state index in [4.69, 9.17) is 15.2 Å². The van der Waals surface area contributed by atoms with Crippen molar-refractivity contribution in [2.75, 3.05) is 12.8 Å². The predicted octanol–water partition coefficient (Wildman–Crippen LogP) is 4.03. The van der Waals surface area contributed by atoms with Gasteiger partial charge in [-0.25, -0.2) is 19.3 Å². The molecule has 7 nitrogen and oxygen atoms in total. The van der Waals surface area contributed by atoms with Crippen molar-refractivity contribution in [3.63, 3.8) is 0 Å². The summed E-state index contributed by atoms with van der Waals surface area (Å²) in [6, 6.07) is 2.02. The van der Waals surface area contributed by atoms with E-state index in [1.165, 1.54) is 13.0 Å². The fourth-order valence-electron chi connectivity index (χ4n) is 4.05. The van der Waals surface area contributed by atoms with E-state index in [1.807, 2.05) is 0 Å². The van der Waals surface area contributed by atoms with E-state index in [1.54, 1.807) is 0 Å². The number of aromatic amines is 1. The van der Waals surface area contributed by atoms with Crippen molar-refractivity contribution < 1.29 is 31.4 Å². The van der Waals surface area contributed by atoms with Gasteiger partial charge in [-0.3, -0.25) is 0 Å². The van der Waals surface area contributed by atoms with Crippen molar-refractivity contribution in [3.8, 4) is 5.75 Å². The number of rotatable bonds is 3. The molecule has 4 rings (SSSR count). The van der Waals surface area contributed by atoms with Gasteiger partial charge in [-0.2, -0.15) is 17.6 Å². The van der Waals surface area contributed by atoms with E-state index >= 15 is 0 Å². The van der Waals surface area contributed by atoms with E-state index in [2.05, 4.69) is 19.9 Å². The number of hydrogen-bond donors (Lipinski definition) is 2. The van der Waals surface area contributed by atoms with Crippen molar-refractivity contribution in [2.45, 2.75) is 37.6 Å². The lowest BCUT2D eigenvalue weighted by molar-refractivity contribution is -0.275. The lowest BCUT2D eigenvalue weighted by Crippen LogP contribution is -2.46. The minimum atomic E-state index is -4.75. The number of ether oxygens (including phenoxy) is 2. The van der Waals surface area contributed by atoms with Crippen LogP contribution < -0.4 is 10.5 Å². The van der Waals surface area contributed by atoms with Crippen LogP contribution in [0.25, 0.3) is 11.2 Å². The maximum Gasteiger partial charge on any atom is 0.417 e. The lowest BCUT2D eigenvalue weighted by atomic mass is 9.77. The molecule has 0 bridgehead atoms. The van der Waals surface area contributed by atoms with Gasteiger partial charge in [-0.15, -0.1) is 0 Å². The Bertz CT molecular complexity index is 1150. The SMILES string of the molecule is COc1c([C@H]2[C@H](c3nc4ncnc(N)c4[nH]3)O[C@@](C)(C(F)(F)F)[C@H]2C)ccc(F)c1F. The van der Waals surface area contributed by atoms with Crippen molar-refractivity contribution >= 4 is 17.0 Å². The Morgan fingerprint density at radius 2 is 1.94 bits per heavy atom. The number of H-pyrrole nitrogens is 1. The highest BCUT2D eigenvalue weighted by molar-refractivity contribution is 5.81. The molecule has 4 atom stereocenters. The molecule has 0 saturated carbocycles. The van der Waals surface area contributed by atoms with Gasteiger partial charge in [-0.05, 0) is 13.0 Å². The summed E-state index contributed by atoms with van der Waals surface area (Å²) < 4.78 is 80.7. The van der Waals surface area contributed by atoms with Gasteiger partial charge in [0.25, 0.3) is 0 Å². The molecule has 0 radical (unpaired) electrons. The molecule has 2 aromatic heterocycles. The molecular weight excluding hydrogens is 425 g/mol. The van der Waals surface area contributed by atoms with Crippen LogP contribution in [-0.2, 0) is 4.74 Å². The molecular formula is C19H18F5N5O2. The van der Waals surface area contributed by atoms with Crippen LogP contribution in [0.5, 0.6) is 5.75 Å². The average molecular weight is 443 g/mol. The minimum Gasteiger partial charge on any atom is -0.493 e. The number of fused-ring (bicyclic) bond motifs is 1. The number of nitrogens with one attached hydrogen (secondary N) is 1. The van der Waals surface area contributed by atoms with Crippen molar-refractivity contribution in [1.82, 2.24) is 19.9 Å². The fourth-order valence-corrected chi connectivity index (χ4v) is 4.05. The van der Waals surface area contributed by atoms with Gasteiger partial charge < -0.3 is 20.2 Å². The van der Waals surface area contributed by atoms with Crippen LogP contribution in [0, 0.1) is 17.6 Å². The number of halogens is 5. The molecule has 31 heavy (non-hydrogen) atoms. The zero-order chi connectivity index (χ0) is 22.7. The van der Waals surface area contributed by atoms with Crippen LogP contribution in [-0.4, -0.2) is 38.8 Å². The van der Waals surface area contributed by atoms with E-state index in [-0.39, 0.29) is 28.4 Å². The summed E-state index contributed by atoms with van der Waals surface area (Å²) in [5.41, 5.74) is 3.57. The zero-order valence-electron chi connectivity index (χ0n) is 16.6. The topological polar surface area (TPSA) is 98.9 Å². The molecule has 3 heterocycles. The van der Waals surface area contributed by atoms with Gasteiger partial charge in [0.15, 0.2) is 28.6 Å². The predicted molar refractivity (Wildman–Crippen MR) is 99.2 cm³/mol. The Morgan fingerprint density at radius 3 is 2.55 bits per heavy atom. The monoisotopic (exact) mass is 443 g/mol. The first kappa shape index (κ1) is 21.2. The Balaban J connectivity index is 1.93. The third-order valence-electron chi connectivity index (χ3n) is 5.92. The third kappa shape index (κ3) is 3.08. The largest absolute Gasteiger partial charge is 0.493 e. The fraction of sp³-hybridized carbons (Fsp3) is 0.421. The third-order valence-corrected chi connectivity index (χ3v) is 5.92. The average Bonchev–Trinajstić information content (AvgIpc) is 3.25. The maximum absolute atomic E-state index is 14.4. The first-order chi connectivity index (χ1) is 14.5. The van der Waals surface area contributed by atoms with Gasteiger partial charge in [-0.1, -0.05) is 13.0 Å². The Labute approximate surface area is 172 Å². The normalized spacial score (nSPS) is 26.5. The van der Waals surface area contributed by atoms with Crippen LogP contribution in [0.1, 0.15) is 37.3 Å². The van der Waals surface area contributed by atoms with Gasteiger partial charge >= 0.3 is 6.18 Å². The molecule has 1 fully saturated rings. The number of aromatic nitrogens is 4. The quantitative estimate of drug-likeness (QED) is 0.593. The molecule has 3 N–H and O–H groups in total. The Hall–Kier alpha value is -3.02. The highest BCUT2D eigenvalue weighted by atomic mass is 19.4. The molecule has 1 saturated heterocycles. The number of anilines is 1. The molecule has 0 aliphatic carbocycles. The van der Waals surface area contributed by atoms with Crippen molar-refractivity contribution in [2.24, 2.45) is 5.92 Å². The summed E-state index contributed by atoms with van der Waals surface area (Å²) in [6.45, 7) is 2.24. The number of nitrogens with two attached hydrogens (primary N) is 1. The van der Waals surface area contributed by atoms with Crippen LogP contribution in [0.4, 0.5) is 27.8 Å². The highest BCUT2D eigenvalue weighted by Crippen LogP contribution is 2.59. The summed E-state index contributed by atoms with van der Waals surface area (Å²) >= 11 is 0. The van der Waals surface area contributed by atoms with Crippen molar-refractivity contribution in [3.05, 3.63) is 41.5 Å². The molecule has 1 aliphatic heterocycles. The second kappa shape index (κ2) is 7.01. The van der Waals surface area contributed by atoms with E-state index < -0.39 is 47.1 Å². The van der Waals surface area contributed by atoms with Gasteiger partial charge in [0.2, 0.25) is 5.82 Å². The number of nitrogens with zero attached hydrogens (tertiary/aromatic N) is 3. The maximum atomic E-state index is 14.4. The van der Waals surface area contributed by atoms with E-state index in [0.29, 0.717) is 0 Å². The summed E-state index contributed by atoms with van der Waals surface area (Å²) in [7, 11) is 1.11. The van der Waals surface area contributed by atoms with Crippen LogP contribution in [0.3, 0.4) is 0 Å². The standard InChI is InChI=1S/C19H18F5N5O2/c1-7-10(8-4-5-9(20)11(21)13(8)30-3)14(31-18(7,2)19(22,23)24)17-28-12-15(25)26-6-27-16(12)29-17/h4-7,10,14H,1-3H3,(H3,25,26,27,28,29)/t7-,10-,14+,18+/m0/s1. The summed E-state index contributed by atoms with van der Waals surface area (Å²) in [5.74, 6) is -5.24. The van der Waals surface area contributed by atoms with Gasteiger partial charge in [0, 0.05) is 17.4 Å². The van der Waals surface area contributed by atoms with Gasteiger partial charge in [0.05, 0.1) is 7.11 Å². The molecule has 166 valence electrons. The van der Waals surface area contributed by atoms with Crippen LogP contribution >= 0.6 is 0 Å². The number of hydrogen-bond acceptors (Lipinski definition) is 6. The first-order valence-corrected chi connectivity index (χ1v) is 9.22. The number of alkyl halides is 3. The summed E-state index contributed by atoms with van der Waals surface area (Å²) in [4.78, 5) is 14.8. The first-order valence-electron chi connectivity index (χ1n) is 9.22. The van der Waals surface area contributed by atoms with Gasteiger partial charge in [0.1, 0.15) is 23.8 Å². The lowest BCUT2D eigenvalue weighted by Gasteiger charge is -2.32. The molecule has 1 aromatic carbocycles. The molecule has 0 amide bonds. The number of nitrogen functional groups attached to an aromatic ring is 1. The second-order valence-corrected chi connectivity index (χ2v) is 7.52. The summed E-state index contributed by atoms with van der Waals surface area (Å²) in [5, 5.41) is 0. The number of benzene rings is 1. The smallest absolute Gasteiger partial charge is 0.417 e. The minimum absolute atomic E-state index is 0.00110.